The van der Waals surface area contributed by atoms with Crippen LogP contribution in [0.1, 0.15) is 11.4 Å². The van der Waals surface area contributed by atoms with E-state index >= 15 is 0 Å². The Morgan fingerprint density at radius 1 is 1.44 bits per heavy atom. The molecule has 1 aromatic carbocycles. The van der Waals surface area contributed by atoms with E-state index in [4.69, 9.17) is 4.74 Å². The normalized spacial score (nSPS) is 9.62. The largest absolute Gasteiger partial charge is 0.460 e. The van der Waals surface area contributed by atoms with Crippen molar-refractivity contribution in [1.29, 1.82) is 0 Å². The van der Waals surface area contributed by atoms with Gasteiger partial charge >= 0.3 is 6.01 Å². The van der Waals surface area contributed by atoms with Crippen molar-refractivity contribution >= 4 is 0 Å². The zero-order valence-electron chi connectivity index (χ0n) is 9.34. The van der Waals surface area contributed by atoms with Gasteiger partial charge in [0.25, 0.3) is 0 Å². The predicted molar refractivity (Wildman–Crippen MR) is 55.4 cm³/mol. The summed E-state index contributed by atoms with van der Waals surface area (Å²) in [6.07, 6.45) is 0. The fraction of sp³-hybridized carbons (Fsp3) is 0.273. The smallest absolute Gasteiger partial charge is 0.335 e. The van der Waals surface area contributed by atoms with Crippen molar-refractivity contribution in [3.63, 3.8) is 0 Å². The van der Waals surface area contributed by atoms with Gasteiger partial charge in [0.05, 0.1) is 6.61 Å². The van der Waals surface area contributed by atoms with Crippen molar-refractivity contribution in [3.05, 3.63) is 41.7 Å². The molecule has 81 valence electrons. The Morgan fingerprint density at radius 3 is 2.81 bits per heavy atom. The maximum absolute atomic E-state index is 5.42. The first-order chi connectivity index (χ1) is 7.25. The third-order valence-corrected chi connectivity index (χ3v) is 2.09. The molecule has 2 rings (SSSR count). The molecule has 2 aromatic rings. The van der Waals surface area contributed by atoms with E-state index in [1.165, 1.54) is 0 Å². The van der Waals surface area contributed by atoms with Crippen LogP contribution in [0.3, 0.4) is 0 Å². The van der Waals surface area contributed by atoms with Crippen molar-refractivity contribution < 1.29 is 37.4 Å². The first kappa shape index (κ1) is 13.3. The SMILES string of the molecule is Cc1nc(OCc2[c-]cccc2)nn1C.[Y]. The fourth-order valence-corrected chi connectivity index (χ4v) is 1.16. The number of hydrogen-bond donors (Lipinski definition) is 0. The molecule has 0 bridgehead atoms. The summed E-state index contributed by atoms with van der Waals surface area (Å²) in [7, 11) is 1.84. The van der Waals surface area contributed by atoms with Gasteiger partial charge in [-0.25, -0.2) is 4.68 Å². The van der Waals surface area contributed by atoms with Gasteiger partial charge in [0.15, 0.2) is 0 Å². The maximum Gasteiger partial charge on any atom is 0.335 e. The molecule has 0 aliphatic rings. The number of benzene rings is 1. The Hall–Kier alpha value is -0.736. The van der Waals surface area contributed by atoms with Crippen LogP contribution in [0.25, 0.3) is 0 Å². The average molecular weight is 291 g/mol. The minimum absolute atomic E-state index is 0. The standard InChI is InChI=1S/C11H12N3O.Y/c1-9-12-11(13-14(9)2)15-8-10-6-4-3-5-7-10;/h3-6H,8H2,1-2H3;/q-1;. The molecule has 5 heteroatoms. The molecule has 1 aromatic heterocycles. The summed E-state index contributed by atoms with van der Waals surface area (Å²) in [6, 6.07) is 11.2. The van der Waals surface area contributed by atoms with Crippen LogP contribution in [0, 0.1) is 13.0 Å². The van der Waals surface area contributed by atoms with Gasteiger partial charge in [-0.3, -0.25) is 0 Å². The number of aromatic nitrogens is 3. The molecule has 0 unspecified atom stereocenters. The van der Waals surface area contributed by atoms with Gasteiger partial charge in [-0.05, 0) is 6.92 Å². The van der Waals surface area contributed by atoms with E-state index in [-0.39, 0.29) is 32.7 Å². The zero-order chi connectivity index (χ0) is 10.7. The number of hydrogen-bond acceptors (Lipinski definition) is 3. The number of aryl methyl sites for hydroxylation is 2. The van der Waals surface area contributed by atoms with Crippen LogP contribution in [0.2, 0.25) is 0 Å². The molecule has 0 fully saturated rings. The Labute approximate surface area is 120 Å². The van der Waals surface area contributed by atoms with Crippen molar-refractivity contribution in [2.75, 3.05) is 0 Å². The van der Waals surface area contributed by atoms with Gasteiger partial charge in [0.2, 0.25) is 0 Å². The molecule has 1 radical (unpaired) electrons. The first-order valence-corrected chi connectivity index (χ1v) is 4.72. The monoisotopic (exact) mass is 291 g/mol. The van der Waals surface area contributed by atoms with Crippen molar-refractivity contribution in [2.24, 2.45) is 7.05 Å². The molecule has 4 nitrogen and oxygen atoms in total. The number of nitrogens with zero attached hydrogens (tertiary/aromatic N) is 3. The topological polar surface area (TPSA) is 39.9 Å². The molecule has 0 atom stereocenters. The number of ether oxygens (including phenoxy) is 1. The summed E-state index contributed by atoms with van der Waals surface area (Å²) in [5.41, 5.74) is 0.989. The average Bonchev–Trinajstić information content (AvgIpc) is 2.57. The molecule has 0 saturated heterocycles. The van der Waals surface area contributed by atoms with Gasteiger partial charge in [-0.2, -0.15) is 35.3 Å². The first-order valence-electron chi connectivity index (χ1n) is 4.72. The van der Waals surface area contributed by atoms with E-state index in [2.05, 4.69) is 16.1 Å². The molecule has 16 heavy (non-hydrogen) atoms. The summed E-state index contributed by atoms with van der Waals surface area (Å²) < 4.78 is 7.10. The molecular formula is C11H12N3OY-. The number of rotatable bonds is 3. The van der Waals surface area contributed by atoms with Gasteiger partial charge in [0, 0.05) is 39.8 Å². The Bertz CT molecular complexity index is 422. The van der Waals surface area contributed by atoms with Crippen molar-refractivity contribution in [2.45, 2.75) is 13.5 Å². The molecular weight excluding hydrogens is 279 g/mol. The van der Waals surface area contributed by atoms with Crippen LogP contribution in [0.4, 0.5) is 0 Å². The maximum atomic E-state index is 5.42. The van der Waals surface area contributed by atoms with Gasteiger partial charge in [0.1, 0.15) is 5.82 Å². The molecule has 0 aliphatic carbocycles. The van der Waals surface area contributed by atoms with Crippen LogP contribution in [-0.4, -0.2) is 14.8 Å². The van der Waals surface area contributed by atoms with E-state index in [1.807, 2.05) is 38.2 Å². The van der Waals surface area contributed by atoms with E-state index in [0.717, 1.165) is 11.4 Å². The Balaban J connectivity index is 0.00000128. The third-order valence-electron chi connectivity index (χ3n) is 2.09. The Kier molecular flexibility index (Phi) is 5.09. The molecule has 0 saturated carbocycles. The second-order valence-corrected chi connectivity index (χ2v) is 3.24. The molecule has 1 heterocycles. The quantitative estimate of drug-likeness (QED) is 0.805. The van der Waals surface area contributed by atoms with Crippen molar-refractivity contribution in [1.82, 2.24) is 14.8 Å². The summed E-state index contributed by atoms with van der Waals surface area (Å²) in [5, 5.41) is 4.09. The summed E-state index contributed by atoms with van der Waals surface area (Å²) in [5.74, 6) is 0.835. The fourth-order valence-electron chi connectivity index (χ4n) is 1.16. The van der Waals surface area contributed by atoms with E-state index in [0.29, 0.717) is 12.6 Å². The molecule has 0 N–H and O–H groups in total. The predicted octanol–water partition coefficient (Wildman–Crippen LogP) is 1.50. The zero-order valence-corrected chi connectivity index (χ0v) is 12.2. The minimum Gasteiger partial charge on any atom is -0.460 e. The summed E-state index contributed by atoms with van der Waals surface area (Å²) >= 11 is 0. The van der Waals surface area contributed by atoms with Crippen LogP contribution < -0.4 is 4.74 Å². The van der Waals surface area contributed by atoms with E-state index < -0.39 is 0 Å². The van der Waals surface area contributed by atoms with Crippen LogP contribution >= 0.6 is 0 Å². The van der Waals surface area contributed by atoms with E-state index in [1.54, 1.807) is 4.68 Å². The third kappa shape index (κ3) is 3.39. The van der Waals surface area contributed by atoms with Crippen LogP contribution in [0.5, 0.6) is 6.01 Å². The molecule has 0 spiro atoms. The molecule has 0 amide bonds. The van der Waals surface area contributed by atoms with Crippen LogP contribution in [-0.2, 0) is 46.4 Å². The van der Waals surface area contributed by atoms with Gasteiger partial charge < -0.3 is 4.74 Å². The summed E-state index contributed by atoms with van der Waals surface area (Å²) in [6.45, 7) is 2.33. The second kappa shape index (κ2) is 6.11. The van der Waals surface area contributed by atoms with Gasteiger partial charge in [-0.1, -0.05) is 0 Å². The van der Waals surface area contributed by atoms with Gasteiger partial charge in [-0.15, -0.1) is 10.7 Å². The second-order valence-electron chi connectivity index (χ2n) is 3.24. The Morgan fingerprint density at radius 2 is 2.25 bits per heavy atom. The minimum atomic E-state index is 0. The summed E-state index contributed by atoms with van der Waals surface area (Å²) in [4.78, 5) is 4.14. The van der Waals surface area contributed by atoms with Crippen LogP contribution in [0.15, 0.2) is 24.3 Å². The molecule has 0 aliphatic heterocycles. The van der Waals surface area contributed by atoms with Crippen molar-refractivity contribution in [3.8, 4) is 6.01 Å². The van der Waals surface area contributed by atoms with E-state index in [9.17, 15) is 0 Å².